The molecule has 0 saturated heterocycles. The standard InChI is InChI=1S/C14H14N2O/c1-3-10-4-5-11-12(8-10)16-14(15-11)13-9(2)6-7-17-13/h4-8H,3H2,1-2H3,(H,15,16). The fourth-order valence-corrected chi connectivity index (χ4v) is 2.00. The molecule has 1 aromatic carbocycles. The molecule has 0 aliphatic heterocycles. The number of nitrogens with one attached hydrogen (secondary N) is 1. The summed E-state index contributed by atoms with van der Waals surface area (Å²) in [7, 11) is 0. The number of hydrogen-bond donors (Lipinski definition) is 1. The molecular formula is C14H14N2O. The van der Waals surface area contributed by atoms with Gasteiger partial charge in [-0.2, -0.15) is 0 Å². The molecule has 0 unspecified atom stereocenters. The molecule has 2 heterocycles. The van der Waals surface area contributed by atoms with E-state index in [-0.39, 0.29) is 0 Å². The van der Waals surface area contributed by atoms with Gasteiger partial charge in [0.1, 0.15) is 0 Å². The van der Waals surface area contributed by atoms with Crippen LogP contribution in [0.5, 0.6) is 0 Å². The van der Waals surface area contributed by atoms with Crippen LogP contribution in [0.2, 0.25) is 0 Å². The van der Waals surface area contributed by atoms with Gasteiger partial charge in [0.05, 0.1) is 17.3 Å². The van der Waals surface area contributed by atoms with E-state index in [4.69, 9.17) is 4.42 Å². The molecule has 0 fully saturated rings. The molecule has 86 valence electrons. The first kappa shape index (κ1) is 10.1. The van der Waals surface area contributed by atoms with Gasteiger partial charge in [0.2, 0.25) is 0 Å². The van der Waals surface area contributed by atoms with Gasteiger partial charge >= 0.3 is 0 Å². The van der Waals surface area contributed by atoms with Crippen LogP contribution in [-0.2, 0) is 6.42 Å². The third-order valence-electron chi connectivity index (χ3n) is 3.03. The van der Waals surface area contributed by atoms with Gasteiger partial charge in [-0.3, -0.25) is 0 Å². The van der Waals surface area contributed by atoms with Crippen molar-refractivity contribution in [3.8, 4) is 11.6 Å². The van der Waals surface area contributed by atoms with Crippen molar-refractivity contribution in [2.24, 2.45) is 0 Å². The number of nitrogens with zero attached hydrogens (tertiary/aromatic N) is 1. The molecular weight excluding hydrogens is 212 g/mol. The molecule has 3 nitrogen and oxygen atoms in total. The van der Waals surface area contributed by atoms with Crippen molar-refractivity contribution in [3.05, 3.63) is 41.7 Å². The molecule has 3 aromatic rings. The number of furan rings is 1. The predicted molar refractivity (Wildman–Crippen MR) is 67.9 cm³/mol. The van der Waals surface area contributed by atoms with Gasteiger partial charge in [0, 0.05) is 0 Å². The number of rotatable bonds is 2. The topological polar surface area (TPSA) is 41.8 Å². The Labute approximate surface area is 99.5 Å². The van der Waals surface area contributed by atoms with Crippen LogP contribution in [0.4, 0.5) is 0 Å². The second-order valence-corrected chi connectivity index (χ2v) is 4.22. The molecule has 17 heavy (non-hydrogen) atoms. The molecule has 0 bridgehead atoms. The van der Waals surface area contributed by atoms with Crippen LogP contribution in [0.25, 0.3) is 22.6 Å². The van der Waals surface area contributed by atoms with E-state index in [1.54, 1.807) is 6.26 Å². The Bertz CT molecular complexity index is 664. The smallest absolute Gasteiger partial charge is 0.174 e. The summed E-state index contributed by atoms with van der Waals surface area (Å²) in [6.45, 7) is 4.17. The van der Waals surface area contributed by atoms with E-state index in [2.05, 4.69) is 29.0 Å². The zero-order valence-corrected chi connectivity index (χ0v) is 9.95. The van der Waals surface area contributed by atoms with Gasteiger partial charge in [-0.1, -0.05) is 13.0 Å². The van der Waals surface area contributed by atoms with Crippen LogP contribution in [0.15, 0.2) is 34.9 Å². The van der Waals surface area contributed by atoms with Gasteiger partial charge in [0.15, 0.2) is 11.6 Å². The van der Waals surface area contributed by atoms with Gasteiger partial charge in [-0.05, 0) is 42.7 Å². The van der Waals surface area contributed by atoms with Crippen molar-refractivity contribution in [2.45, 2.75) is 20.3 Å². The first-order valence-electron chi connectivity index (χ1n) is 5.81. The molecule has 0 amide bonds. The number of fused-ring (bicyclic) bond motifs is 1. The fraction of sp³-hybridized carbons (Fsp3) is 0.214. The summed E-state index contributed by atoms with van der Waals surface area (Å²) in [6, 6.07) is 8.25. The molecule has 3 heteroatoms. The molecule has 0 atom stereocenters. The van der Waals surface area contributed by atoms with Crippen molar-refractivity contribution >= 4 is 11.0 Å². The molecule has 0 spiro atoms. The highest BCUT2D eigenvalue weighted by Gasteiger charge is 2.10. The summed E-state index contributed by atoms with van der Waals surface area (Å²) in [4.78, 5) is 7.85. The average Bonchev–Trinajstić information content (AvgIpc) is 2.93. The summed E-state index contributed by atoms with van der Waals surface area (Å²) in [5.74, 6) is 1.62. The summed E-state index contributed by atoms with van der Waals surface area (Å²) in [6.07, 6.45) is 2.72. The van der Waals surface area contributed by atoms with E-state index in [9.17, 15) is 0 Å². The lowest BCUT2D eigenvalue weighted by Crippen LogP contribution is -1.79. The molecule has 0 saturated carbocycles. The zero-order chi connectivity index (χ0) is 11.8. The number of benzene rings is 1. The first-order valence-corrected chi connectivity index (χ1v) is 5.81. The van der Waals surface area contributed by atoms with Gasteiger partial charge in [0.25, 0.3) is 0 Å². The van der Waals surface area contributed by atoms with Crippen molar-refractivity contribution in [1.82, 2.24) is 9.97 Å². The van der Waals surface area contributed by atoms with Crippen LogP contribution < -0.4 is 0 Å². The van der Waals surface area contributed by atoms with Gasteiger partial charge in [-0.25, -0.2) is 4.98 Å². The summed E-state index contributed by atoms with van der Waals surface area (Å²) >= 11 is 0. The van der Waals surface area contributed by atoms with E-state index in [0.717, 1.165) is 34.6 Å². The van der Waals surface area contributed by atoms with Crippen LogP contribution in [0.1, 0.15) is 18.1 Å². The van der Waals surface area contributed by atoms with Crippen molar-refractivity contribution in [3.63, 3.8) is 0 Å². The zero-order valence-electron chi connectivity index (χ0n) is 9.95. The largest absolute Gasteiger partial charge is 0.461 e. The van der Waals surface area contributed by atoms with Crippen molar-refractivity contribution in [2.75, 3.05) is 0 Å². The maximum Gasteiger partial charge on any atom is 0.174 e. The molecule has 0 radical (unpaired) electrons. The summed E-state index contributed by atoms with van der Waals surface area (Å²) < 4.78 is 5.44. The molecule has 2 aromatic heterocycles. The minimum absolute atomic E-state index is 0.802. The SMILES string of the molecule is CCc1ccc2nc(-c3occc3C)[nH]c2c1. The minimum Gasteiger partial charge on any atom is -0.461 e. The second-order valence-electron chi connectivity index (χ2n) is 4.22. The normalized spacial score (nSPS) is 11.2. The third-order valence-corrected chi connectivity index (χ3v) is 3.03. The predicted octanol–water partition coefficient (Wildman–Crippen LogP) is 3.69. The van der Waals surface area contributed by atoms with Gasteiger partial charge in [-0.15, -0.1) is 0 Å². The number of aryl methyl sites for hydroxylation is 2. The van der Waals surface area contributed by atoms with E-state index < -0.39 is 0 Å². The lowest BCUT2D eigenvalue weighted by Gasteiger charge is -1.94. The van der Waals surface area contributed by atoms with Crippen LogP contribution in [0.3, 0.4) is 0 Å². The Morgan fingerprint density at radius 2 is 2.18 bits per heavy atom. The Morgan fingerprint density at radius 3 is 2.88 bits per heavy atom. The van der Waals surface area contributed by atoms with Crippen LogP contribution in [-0.4, -0.2) is 9.97 Å². The Hall–Kier alpha value is -2.03. The van der Waals surface area contributed by atoms with Crippen LogP contribution >= 0.6 is 0 Å². The highest BCUT2D eigenvalue weighted by molar-refractivity contribution is 5.79. The lowest BCUT2D eigenvalue weighted by atomic mass is 10.1. The number of imidazole rings is 1. The van der Waals surface area contributed by atoms with E-state index >= 15 is 0 Å². The maximum absolute atomic E-state index is 5.44. The summed E-state index contributed by atoms with van der Waals surface area (Å²) in [5.41, 5.74) is 4.45. The lowest BCUT2D eigenvalue weighted by molar-refractivity contribution is 0.577. The minimum atomic E-state index is 0.802. The second kappa shape index (κ2) is 3.77. The third kappa shape index (κ3) is 1.64. The Kier molecular flexibility index (Phi) is 2.25. The molecule has 0 aliphatic rings. The van der Waals surface area contributed by atoms with Crippen molar-refractivity contribution < 1.29 is 4.42 Å². The number of aromatic amines is 1. The fourth-order valence-electron chi connectivity index (χ4n) is 2.00. The monoisotopic (exact) mass is 226 g/mol. The number of H-pyrrole nitrogens is 1. The van der Waals surface area contributed by atoms with Crippen molar-refractivity contribution in [1.29, 1.82) is 0 Å². The van der Waals surface area contributed by atoms with E-state index in [1.165, 1.54) is 5.56 Å². The van der Waals surface area contributed by atoms with Crippen LogP contribution in [0, 0.1) is 6.92 Å². The van der Waals surface area contributed by atoms with E-state index in [0.29, 0.717) is 0 Å². The molecule has 3 rings (SSSR count). The maximum atomic E-state index is 5.44. The van der Waals surface area contributed by atoms with Gasteiger partial charge < -0.3 is 9.40 Å². The number of aromatic nitrogens is 2. The van der Waals surface area contributed by atoms with E-state index in [1.807, 2.05) is 19.1 Å². The highest BCUT2D eigenvalue weighted by Crippen LogP contribution is 2.24. The molecule has 0 aliphatic carbocycles. The summed E-state index contributed by atoms with van der Waals surface area (Å²) in [5, 5.41) is 0. The Balaban J connectivity index is 2.17. The first-order chi connectivity index (χ1) is 8.28. The molecule has 1 N–H and O–H groups in total. The Morgan fingerprint density at radius 1 is 1.29 bits per heavy atom. The number of hydrogen-bond acceptors (Lipinski definition) is 2. The average molecular weight is 226 g/mol. The quantitative estimate of drug-likeness (QED) is 0.724. The highest BCUT2D eigenvalue weighted by atomic mass is 16.3.